The number of fused-ring (bicyclic) bond motifs is 1. The number of nitrogens with zero attached hydrogens (tertiary/aromatic N) is 3. The second-order valence-electron chi connectivity index (χ2n) is 4.86. The van der Waals surface area contributed by atoms with Crippen LogP contribution in [0.3, 0.4) is 0 Å². The predicted molar refractivity (Wildman–Crippen MR) is 63.1 cm³/mol. The van der Waals surface area contributed by atoms with Crippen LogP contribution >= 0.6 is 0 Å². The van der Waals surface area contributed by atoms with Crippen molar-refractivity contribution in [2.75, 3.05) is 0 Å². The van der Waals surface area contributed by atoms with Gasteiger partial charge in [0.1, 0.15) is 5.52 Å². The Morgan fingerprint density at radius 2 is 2.19 bits per heavy atom. The molecular formula is C12H16N4. The van der Waals surface area contributed by atoms with Gasteiger partial charge in [-0.25, -0.2) is 4.68 Å². The van der Waals surface area contributed by atoms with Crippen LogP contribution in [0.4, 0.5) is 0 Å². The van der Waals surface area contributed by atoms with Crippen LogP contribution in [0.25, 0.3) is 11.0 Å². The zero-order valence-electron chi connectivity index (χ0n) is 9.64. The summed E-state index contributed by atoms with van der Waals surface area (Å²) in [4.78, 5) is 0. The topological polar surface area (TPSA) is 56.7 Å². The first-order valence-corrected chi connectivity index (χ1v) is 5.69. The second kappa shape index (κ2) is 3.04. The van der Waals surface area contributed by atoms with Crippen molar-refractivity contribution >= 4 is 11.0 Å². The third-order valence-corrected chi connectivity index (χ3v) is 3.85. The summed E-state index contributed by atoms with van der Waals surface area (Å²) in [6, 6.07) is 6.59. The van der Waals surface area contributed by atoms with Crippen molar-refractivity contribution < 1.29 is 0 Å². The molecule has 4 heteroatoms. The van der Waals surface area contributed by atoms with E-state index in [9.17, 15) is 0 Å². The summed E-state index contributed by atoms with van der Waals surface area (Å²) < 4.78 is 1.82. The zero-order chi connectivity index (χ0) is 11.3. The first-order chi connectivity index (χ1) is 7.63. The van der Waals surface area contributed by atoms with Crippen molar-refractivity contribution in [3.05, 3.63) is 23.8 Å². The summed E-state index contributed by atoms with van der Waals surface area (Å²) in [5, 5.41) is 8.11. The van der Waals surface area contributed by atoms with E-state index < -0.39 is 0 Å². The number of aryl methyl sites for hydroxylation is 1. The molecule has 16 heavy (non-hydrogen) atoms. The lowest BCUT2D eigenvalue weighted by atomic mass is 9.89. The van der Waals surface area contributed by atoms with Gasteiger partial charge in [0.2, 0.25) is 0 Å². The smallest absolute Gasteiger partial charge is 0.113 e. The lowest BCUT2D eigenvalue weighted by Gasteiger charge is -2.19. The second-order valence-corrected chi connectivity index (χ2v) is 4.86. The number of hydrogen-bond donors (Lipinski definition) is 1. The van der Waals surface area contributed by atoms with E-state index in [0.717, 1.165) is 11.0 Å². The number of benzene rings is 1. The SMILES string of the molecule is CC(N)C1(c2ccc3nnn(C)c3c2)CC1. The van der Waals surface area contributed by atoms with Crippen molar-refractivity contribution in [2.45, 2.75) is 31.2 Å². The summed E-state index contributed by atoms with van der Waals surface area (Å²) >= 11 is 0. The Morgan fingerprint density at radius 3 is 2.81 bits per heavy atom. The van der Waals surface area contributed by atoms with Gasteiger partial charge in [-0.3, -0.25) is 0 Å². The van der Waals surface area contributed by atoms with Crippen LogP contribution in [0.15, 0.2) is 18.2 Å². The van der Waals surface area contributed by atoms with Crippen molar-refractivity contribution in [2.24, 2.45) is 12.8 Å². The first kappa shape index (κ1) is 9.78. The van der Waals surface area contributed by atoms with Crippen LogP contribution in [0.1, 0.15) is 25.3 Å². The van der Waals surface area contributed by atoms with Crippen LogP contribution < -0.4 is 5.73 Å². The molecule has 1 fully saturated rings. The van der Waals surface area contributed by atoms with Crippen molar-refractivity contribution in [1.29, 1.82) is 0 Å². The fraction of sp³-hybridized carbons (Fsp3) is 0.500. The molecule has 0 bridgehead atoms. The maximum absolute atomic E-state index is 6.08. The van der Waals surface area contributed by atoms with Crippen molar-refractivity contribution in [3.63, 3.8) is 0 Å². The normalized spacial score (nSPS) is 19.9. The Balaban J connectivity index is 2.15. The maximum Gasteiger partial charge on any atom is 0.113 e. The Bertz CT molecular complexity index is 537. The average molecular weight is 216 g/mol. The molecule has 0 aliphatic heterocycles. The summed E-state index contributed by atoms with van der Waals surface area (Å²) in [7, 11) is 1.92. The van der Waals surface area contributed by atoms with E-state index in [1.165, 1.54) is 18.4 Å². The largest absolute Gasteiger partial charge is 0.327 e. The lowest BCUT2D eigenvalue weighted by molar-refractivity contribution is 0.557. The van der Waals surface area contributed by atoms with Crippen molar-refractivity contribution in [1.82, 2.24) is 15.0 Å². The third kappa shape index (κ3) is 1.19. The van der Waals surface area contributed by atoms with E-state index in [1.807, 2.05) is 17.8 Å². The van der Waals surface area contributed by atoms with Crippen LogP contribution in [0.5, 0.6) is 0 Å². The summed E-state index contributed by atoms with van der Waals surface area (Å²) in [6.07, 6.45) is 2.39. The lowest BCUT2D eigenvalue weighted by Crippen LogP contribution is -2.31. The maximum atomic E-state index is 6.08. The standard InChI is InChI=1S/C12H16N4/c1-8(13)12(5-6-12)9-3-4-10-11(7-9)16(2)15-14-10/h3-4,7-8H,5-6,13H2,1-2H3. The molecule has 1 atom stereocenters. The van der Waals surface area contributed by atoms with E-state index in [4.69, 9.17) is 5.73 Å². The number of rotatable bonds is 2. The van der Waals surface area contributed by atoms with E-state index in [2.05, 4.69) is 29.4 Å². The van der Waals surface area contributed by atoms with Gasteiger partial charge in [0.15, 0.2) is 0 Å². The summed E-state index contributed by atoms with van der Waals surface area (Å²) in [6.45, 7) is 2.10. The van der Waals surface area contributed by atoms with Gasteiger partial charge in [0.05, 0.1) is 5.52 Å². The van der Waals surface area contributed by atoms with Gasteiger partial charge in [-0.1, -0.05) is 11.3 Å². The molecule has 1 aliphatic rings. The van der Waals surface area contributed by atoms with Gasteiger partial charge >= 0.3 is 0 Å². The van der Waals surface area contributed by atoms with Crippen LogP contribution in [-0.2, 0) is 12.5 Å². The minimum Gasteiger partial charge on any atom is -0.327 e. The molecule has 4 nitrogen and oxygen atoms in total. The Labute approximate surface area is 94.4 Å². The van der Waals surface area contributed by atoms with Crippen LogP contribution in [-0.4, -0.2) is 21.0 Å². The quantitative estimate of drug-likeness (QED) is 0.824. The highest BCUT2D eigenvalue weighted by Crippen LogP contribution is 2.50. The monoisotopic (exact) mass is 216 g/mol. The molecule has 0 amide bonds. The summed E-state index contributed by atoms with van der Waals surface area (Å²) in [5.74, 6) is 0. The van der Waals surface area contributed by atoms with Gasteiger partial charge in [-0.2, -0.15) is 0 Å². The van der Waals surface area contributed by atoms with E-state index in [-0.39, 0.29) is 11.5 Å². The van der Waals surface area contributed by atoms with E-state index in [0.29, 0.717) is 0 Å². The molecule has 0 spiro atoms. The minimum absolute atomic E-state index is 0.207. The zero-order valence-corrected chi connectivity index (χ0v) is 9.64. The highest BCUT2D eigenvalue weighted by atomic mass is 15.4. The van der Waals surface area contributed by atoms with E-state index in [1.54, 1.807) is 0 Å². The minimum atomic E-state index is 0.207. The molecular weight excluding hydrogens is 200 g/mol. The van der Waals surface area contributed by atoms with Crippen LogP contribution in [0.2, 0.25) is 0 Å². The highest BCUT2D eigenvalue weighted by Gasteiger charge is 2.47. The number of aromatic nitrogens is 3. The van der Waals surface area contributed by atoms with Gasteiger partial charge < -0.3 is 5.73 Å². The molecule has 0 radical (unpaired) electrons. The predicted octanol–water partition coefficient (Wildman–Crippen LogP) is 1.35. The fourth-order valence-corrected chi connectivity index (χ4v) is 2.48. The molecule has 84 valence electrons. The number of nitrogens with two attached hydrogens (primary N) is 1. The summed E-state index contributed by atoms with van der Waals surface area (Å²) in [5.41, 5.74) is 9.66. The molecule has 0 saturated heterocycles. The molecule has 1 aromatic carbocycles. The van der Waals surface area contributed by atoms with Crippen molar-refractivity contribution in [3.8, 4) is 0 Å². The van der Waals surface area contributed by atoms with Gasteiger partial charge in [0, 0.05) is 18.5 Å². The van der Waals surface area contributed by atoms with Crippen LogP contribution in [0, 0.1) is 0 Å². The van der Waals surface area contributed by atoms with Gasteiger partial charge in [-0.15, -0.1) is 5.10 Å². The Morgan fingerprint density at radius 1 is 1.44 bits per heavy atom. The van der Waals surface area contributed by atoms with Gasteiger partial charge in [0.25, 0.3) is 0 Å². The molecule has 1 aliphatic carbocycles. The highest BCUT2D eigenvalue weighted by molar-refractivity contribution is 5.75. The number of hydrogen-bond acceptors (Lipinski definition) is 3. The molecule has 1 aromatic heterocycles. The molecule has 1 saturated carbocycles. The van der Waals surface area contributed by atoms with E-state index >= 15 is 0 Å². The third-order valence-electron chi connectivity index (χ3n) is 3.85. The molecule has 3 rings (SSSR count). The Hall–Kier alpha value is -1.42. The molecule has 2 aromatic rings. The molecule has 1 unspecified atom stereocenters. The van der Waals surface area contributed by atoms with Gasteiger partial charge in [-0.05, 0) is 37.5 Å². The first-order valence-electron chi connectivity index (χ1n) is 5.69. The Kier molecular flexibility index (Phi) is 1.86. The molecule has 2 N–H and O–H groups in total. The fourth-order valence-electron chi connectivity index (χ4n) is 2.48. The molecule has 1 heterocycles. The average Bonchev–Trinajstić information content (AvgIpc) is 3.01.